The fraction of sp³-hybridized carbons (Fsp3) is 0.769. The number of likely N-dealkylation sites (tertiary alicyclic amines) is 1. The molecule has 1 fully saturated rings. The number of hydrogen-bond acceptors (Lipinski definition) is 4. The quantitative estimate of drug-likeness (QED) is 0.636. The van der Waals surface area contributed by atoms with Crippen LogP contribution in [0.5, 0.6) is 0 Å². The van der Waals surface area contributed by atoms with Crippen molar-refractivity contribution in [3.8, 4) is 0 Å². The van der Waals surface area contributed by atoms with Gasteiger partial charge < -0.3 is 21.1 Å². The summed E-state index contributed by atoms with van der Waals surface area (Å²) in [6.07, 6.45) is 1.63. The van der Waals surface area contributed by atoms with E-state index < -0.39 is 24.0 Å². The van der Waals surface area contributed by atoms with Gasteiger partial charge in [0.1, 0.15) is 12.1 Å². The molecule has 0 aliphatic carbocycles. The monoisotopic (exact) mass is 321 g/mol. The van der Waals surface area contributed by atoms with Gasteiger partial charge in [0.05, 0.1) is 6.54 Å². The van der Waals surface area contributed by atoms with E-state index in [1.807, 2.05) is 13.8 Å². The van der Waals surface area contributed by atoms with Crippen LogP contribution in [-0.2, 0) is 14.4 Å². The molecule has 0 spiro atoms. The Morgan fingerprint density at radius 1 is 1.38 bits per heavy atom. The Morgan fingerprint density at radius 3 is 2.48 bits per heavy atom. The van der Waals surface area contributed by atoms with Gasteiger partial charge in [-0.3, -0.25) is 9.59 Å². The molecule has 4 N–H and O–H groups in total. The van der Waals surface area contributed by atoms with Crippen molar-refractivity contribution in [1.29, 1.82) is 0 Å². The second kappa shape index (κ2) is 8.84. The van der Waals surface area contributed by atoms with Crippen molar-refractivity contribution in [2.24, 2.45) is 11.7 Å². The third-order valence-corrected chi connectivity index (χ3v) is 3.37. The van der Waals surface area contributed by atoms with Crippen molar-refractivity contribution in [2.45, 2.75) is 45.2 Å². The molecule has 0 radical (unpaired) electrons. The molecule has 21 heavy (non-hydrogen) atoms. The van der Waals surface area contributed by atoms with Gasteiger partial charge in [0, 0.05) is 6.54 Å². The summed E-state index contributed by atoms with van der Waals surface area (Å²) in [5.41, 5.74) is 5.31. The number of nitrogens with zero attached hydrogens (tertiary/aromatic N) is 1. The van der Waals surface area contributed by atoms with Crippen LogP contribution in [0.1, 0.15) is 33.1 Å². The largest absolute Gasteiger partial charge is 0.480 e. The maximum absolute atomic E-state index is 12.2. The van der Waals surface area contributed by atoms with Crippen LogP contribution < -0.4 is 11.1 Å². The number of halogens is 1. The molecule has 0 saturated carbocycles. The molecule has 8 heteroatoms. The summed E-state index contributed by atoms with van der Waals surface area (Å²) in [7, 11) is 0. The minimum Gasteiger partial charge on any atom is -0.480 e. The standard InChI is InChI=1S/C13H23N3O4.ClH/c1-8(2)6-9(13(19)20)15-12(18)10-4-3-5-16(10)11(17)7-14;/h8-10H,3-7,14H2,1-2H3,(H,15,18)(H,19,20);1H/t9-,10-;/m0./s1. The molecule has 2 atom stereocenters. The Morgan fingerprint density at radius 2 is 2.00 bits per heavy atom. The zero-order chi connectivity index (χ0) is 15.3. The number of hydrogen-bond donors (Lipinski definition) is 3. The molecule has 0 aromatic heterocycles. The molecule has 1 rings (SSSR count). The predicted molar refractivity (Wildman–Crippen MR) is 80.1 cm³/mol. The Bertz CT molecular complexity index is 390. The van der Waals surface area contributed by atoms with Gasteiger partial charge in [-0.15, -0.1) is 12.4 Å². The van der Waals surface area contributed by atoms with Crippen LogP contribution in [0, 0.1) is 5.92 Å². The van der Waals surface area contributed by atoms with E-state index in [4.69, 9.17) is 10.8 Å². The van der Waals surface area contributed by atoms with Gasteiger partial charge in [-0.1, -0.05) is 13.8 Å². The van der Waals surface area contributed by atoms with Crippen LogP contribution in [0.4, 0.5) is 0 Å². The zero-order valence-electron chi connectivity index (χ0n) is 12.4. The molecule has 1 saturated heterocycles. The molecule has 1 aliphatic heterocycles. The van der Waals surface area contributed by atoms with Gasteiger partial charge >= 0.3 is 5.97 Å². The number of carboxylic acids is 1. The summed E-state index contributed by atoms with van der Waals surface area (Å²) in [4.78, 5) is 36.4. The van der Waals surface area contributed by atoms with Crippen molar-refractivity contribution in [2.75, 3.05) is 13.1 Å². The highest BCUT2D eigenvalue weighted by Crippen LogP contribution is 2.18. The van der Waals surface area contributed by atoms with E-state index in [2.05, 4.69) is 5.32 Å². The number of carbonyl (C=O) groups excluding carboxylic acids is 2. The fourth-order valence-corrected chi connectivity index (χ4v) is 2.42. The van der Waals surface area contributed by atoms with Crippen LogP contribution in [-0.4, -0.2) is 53.0 Å². The Labute approximate surface area is 130 Å². The van der Waals surface area contributed by atoms with Gasteiger partial charge in [-0.05, 0) is 25.2 Å². The SMILES string of the molecule is CC(C)C[C@H](NC(=O)[C@@H]1CCCN1C(=O)CN)C(=O)O.Cl. The molecule has 2 amide bonds. The Balaban J connectivity index is 0.00000400. The number of amides is 2. The maximum atomic E-state index is 12.2. The number of aliphatic carboxylic acids is 1. The average molecular weight is 322 g/mol. The Hall–Kier alpha value is -1.34. The molecule has 0 unspecified atom stereocenters. The van der Waals surface area contributed by atoms with E-state index >= 15 is 0 Å². The fourth-order valence-electron chi connectivity index (χ4n) is 2.42. The van der Waals surface area contributed by atoms with Gasteiger partial charge in [0.25, 0.3) is 0 Å². The lowest BCUT2D eigenvalue weighted by atomic mass is 10.0. The van der Waals surface area contributed by atoms with E-state index in [0.717, 1.165) is 6.42 Å². The lowest BCUT2D eigenvalue weighted by Gasteiger charge is -2.25. The first kappa shape index (κ1) is 19.7. The third kappa shape index (κ3) is 5.51. The number of rotatable bonds is 6. The van der Waals surface area contributed by atoms with Crippen LogP contribution in [0.15, 0.2) is 0 Å². The zero-order valence-corrected chi connectivity index (χ0v) is 13.2. The van der Waals surface area contributed by atoms with Crippen molar-refractivity contribution < 1.29 is 19.5 Å². The first-order chi connectivity index (χ1) is 9.36. The topological polar surface area (TPSA) is 113 Å². The molecule has 0 aromatic carbocycles. The number of carbonyl (C=O) groups is 3. The second-order valence-corrected chi connectivity index (χ2v) is 5.48. The molecule has 122 valence electrons. The van der Waals surface area contributed by atoms with Crippen molar-refractivity contribution >= 4 is 30.2 Å². The summed E-state index contributed by atoms with van der Waals surface area (Å²) >= 11 is 0. The van der Waals surface area contributed by atoms with E-state index in [-0.39, 0.29) is 30.8 Å². The minimum atomic E-state index is -1.05. The van der Waals surface area contributed by atoms with E-state index in [1.165, 1.54) is 4.90 Å². The minimum absolute atomic E-state index is 0. The van der Waals surface area contributed by atoms with Crippen LogP contribution in [0.25, 0.3) is 0 Å². The smallest absolute Gasteiger partial charge is 0.326 e. The average Bonchev–Trinajstić information content (AvgIpc) is 2.85. The molecular weight excluding hydrogens is 298 g/mol. The second-order valence-electron chi connectivity index (χ2n) is 5.48. The van der Waals surface area contributed by atoms with Crippen LogP contribution in [0.3, 0.4) is 0 Å². The molecule has 0 aromatic rings. The highest BCUT2D eigenvalue weighted by atomic mass is 35.5. The summed E-state index contributed by atoms with van der Waals surface area (Å²) in [6.45, 7) is 4.14. The molecule has 7 nitrogen and oxygen atoms in total. The lowest BCUT2D eigenvalue weighted by molar-refractivity contribution is -0.144. The van der Waals surface area contributed by atoms with Gasteiger partial charge in [0.2, 0.25) is 11.8 Å². The summed E-state index contributed by atoms with van der Waals surface area (Å²) < 4.78 is 0. The summed E-state index contributed by atoms with van der Waals surface area (Å²) in [6, 6.07) is -1.52. The normalized spacial score (nSPS) is 19.0. The van der Waals surface area contributed by atoms with E-state index in [1.54, 1.807) is 0 Å². The van der Waals surface area contributed by atoms with Gasteiger partial charge in [0.15, 0.2) is 0 Å². The highest BCUT2D eigenvalue weighted by Gasteiger charge is 2.35. The summed E-state index contributed by atoms with van der Waals surface area (Å²) in [5, 5.41) is 11.6. The molecule has 0 bridgehead atoms. The van der Waals surface area contributed by atoms with Gasteiger partial charge in [-0.25, -0.2) is 4.79 Å². The number of nitrogens with one attached hydrogen (secondary N) is 1. The Kier molecular flexibility index (Phi) is 8.27. The number of carboxylic acid groups (broad SMARTS) is 1. The van der Waals surface area contributed by atoms with Crippen LogP contribution >= 0.6 is 12.4 Å². The third-order valence-electron chi connectivity index (χ3n) is 3.37. The van der Waals surface area contributed by atoms with Crippen molar-refractivity contribution in [3.05, 3.63) is 0 Å². The van der Waals surface area contributed by atoms with Crippen molar-refractivity contribution in [1.82, 2.24) is 10.2 Å². The van der Waals surface area contributed by atoms with E-state index in [9.17, 15) is 14.4 Å². The van der Waals surface area contributed by atoms with Gasteiger partial charge in [-0.2, -0.15) is 0 Å². The maximum Gasteiger partial charge on any atom is 0.326 e. The van der Waals surface area contributed by atoms with E-state index in [0.29, 0.717) is 19.4 Å². The van der Waals surface area contributed by atoms with Crippen LogP contribution in [0.2, 0.25) is 0 Å². The van der Waals surface area contributed by atoms with Crippen molar-refractivity contribution in [3.63, 3.8) is 0 Å². The first-order valence-electron chi connectivity index (χ1n) is 6.89. The molecule has 1 aliphatic rings. The summed E-state index contributed by atoms with van der Waals surface area (Å²) in [5.74, 6) is -1.58. The highest BCUT2D eigenvalue weighted by molar-refractivity contribution is 5.91. The molecule has 1 heterocycles. The molecular formula is C13H24ClN3O4. The lowest BCUT2D eigenvalue weighted by Crippen LogP contribution is -2.52. The number of nitrogens with two attached hydrogens (primary N) is 1. The predicted octanol–water partition coefficient (Wildman–Crippen LogP) is -0.0266. The first-order valence-corrected chi connectivity index (χ1v) is 6.89.